The highest BCUT2D eigenvalue weighted by atomic mass is 16.1. The van der Waals surface area contributed by atoms with Crippen LogP contribution in [0.25, 0.3) is 0 Å². The summed E-state index contributed by atoms with van der Waals surface area (Å²) in [6.07, 6.45) is 11.9. The highest BCUT2D eigenvalue weighted by Crippen LogP contribution is 2.60. The van der Waals surface area contributed by atoms with Crippen LogP contribution >= 0.6 is 0 Å². The summed E-state index contributed by atoms with van der Waals surface area (Å²) in [6, 6.07) is 0. The molecule has 0 radical (unpaired) electrons. The Kier molecular flexibility index (Phi) is 2.35. The van der Waals surface area contributed by atoms with Crippen LogP contribution in [0.2, 0.25) is 0 Å². The number of fused-ring (bicyclic) bond motifs is 3. The Balaban J connectivity index is 1.87. The van der Waals surface area contributed by atoms with Crippen molar-refractivity contribution >= 4 is 11.6 Å². The van der Waals surface area contributed by atoms with Gasteiger partial charge in [-0.25, -0.2) is 0 Å². The SMILES string of the molecule is CC(=O)CC[C@@]12C=CC(=O)[C@@H]1[C@H]1CC=C[C@H]1C2. The molecular weight excluding hydrogens is 212 g/mol. The molecule has 4 atom stereocenters. The fourth-order valence-corrected chi connectivity index (χ4v) is 4.09. The number of allylic oxidation sites excluding steroid dienone is 4. The Morgan fingerprint density at radius 1 is 1.53 bits per heavy atom. The summed E-state index contributed by atoms with van der Waals surface area (Å²) in [5, 5.41) is 0. The van der Waals surface area contributed by atoms with E-state index in [1.54, 1.807) is 13.0 Å². The Labute approximate surface area is 102 Å². The van der Waals surface area contributed by atoms with Crippen LogP contribution in [0, 0.1) is 23.2 Å². The van der Waals surface area contributed by atoms with Crippen LogP contribution in [0.15, 0.2) is 24.3 Å². The van der Waals surface area contributed by atoms with Crippen molar-refractivity contribution in [1.82, 2.24) is 0 Å². The molecule has 0 aromatic rings. The molecule has 0 amide bonds. The highest BCUT2D eigenvalue weighted by molar-refractivity contribution is 5.96. The number of carbonyl (C=O) groups is 2. The summed E-state index contributed by atoms with van der Waals surface area (Å²) in [4.78, 5) is 23.2. The van der Waals surface area contributed by atoms with E-state index >= 15 is 0 Å². The van der Waals surface area contributed by atoms with Crippen molar-refractivity contribution < 1.29 is 9.59 Å². The van der Waals surface area contributed by atoms with Crippen molar-refractivity contribution in [2.45, 2.75) is 32.6 Å². The Hall–Kier alpha value is -1.18. The van der Waals surface area contributed by atoms with Gasteiger partial charge in [0.05, 0.1) is 0 Å². The average Bonchev–Trinajstić information content (AvgIpc) is 2.87. The summed E-state index contributed by atoms with van der Waals surface area (Å²) < 4.78 is 0. The monoisotopic (exact) mass is 230 g/mol. The first-order valence-corrected chi connectivity index (χ1v) is 6.52. The molecule has 3 aliphatic carbocycles. The van der Waals surface area contributed by atoms with Crippen molar-refractivity contribution in [3.63, 3.8) is 0 Å². The van der Waals surface area contributed by atoms with Crippen LogP contribution in [-0.2, 0) is 9.59 Å². The minimum Gasteiger partial charge on any atom is -0.300 e. The fourth-order valence-electron chi connectivity index (χ4n) is 4.09. The number of carbonyl (C=O) groups excluding carboxylic acids is 2. The summed E-state index contributed by atoms with van der Waals surface area (Å²) >= 11 is 0. The molecular formula is C15H18O2. The molecule has 0 aliphatic heterocycles. The summed E-state index contributed by atoms with van der Waals surface area (Å²) in [7, 11) is 0. The van der Waals surface area contributed by atoms with Crippen LogP contribution in [-0.4, -0.2) is 11.6 Å². The lowest BCUT2D eigenvalue weighted by molar-refractivity contribution is -0.122. The Morgan fingerprint density at radius 3 is 3.12 bits per heavy atom. The predicted octanol–water partition coefficient (Wildman–Crippen LogP) is 2.69. The van der Waals surface area contributed by atoms with E-state index in [9.17, 15) is 9.59 Å². The number of hydrogen-bond acceptors (Lipinski definition) is 2. The molecule has 90 valence electrons. The van der Waals surface area contributed by atoms with E-state index in [0.717, 1.165) is 19.3 Å². The van der Waals surface area contributed by atoms with Gasteiger partial charge in [-0.2, -0.15) is 0 Å². The molecule has 0 aromatic carbocycles. The van der Waals surface area contributed by atoms with Gasteiger partial charge in [0.25, 0.3) is 0 Å². The summed E-state index contributed by atoms with van der Waals surface area (Å²) in [5.41, 5.74) is 0.00282. The van der Waals surface area contributed by atoms with Crippen LogP contribution in [0.1, 0.15) is 32.6 Å². The van der Waals surface area contributed by atoms with E-state index in [-0.39, 0.29) is 17.1 Å². The first-order valence-electron chi connectivity index (χ1n) is 6.52. The molecule has 0 heterocycles. The van der Waals surface area contributed by atoms with E-state index in [0.29, 0.717) is 24.0 Å². The molecule has 0 unspecified atom stereocenters. The zero-order chi connectivity index (χ0) is 12.0. The van der Waals surface area contributed by atoms with Gasteiger partial charge in [0, 0.05) is 12.3 Å². The van der Waals surface area contributed by atoms with Crippen LogP contribution in [0.3, 0.4) is 0 Å². The third kappa shape index (κ3) is 1.54. The second-order valence-electron chi connectivity index (χ2n) is 5.84. The molecule has 2 heteroatoms. The van der Waals surface area contributed by atoms with Crippen molar-refractivity contribution in [3.05, 3.63) is 24.3 Å². The lowest BCUT2D eigenvalue weighted by Gasteiger charge is -2.28. The smallest absolute Gasteiger partial charge is 0.159 e. The topological polar surface area (TPSA) is 34.1 Å². The molecule has 0 aromatic heterocycles. The molecule has 3 aliphatic rings. The van der Waals surface area contributed by atoms with E-state index in [2.05, 4.69) is 18.2 Å². The Morgan fingerprint density at radius 2 is 2.35 bits per heavy atom. The number of hydrogen-bond donors (Lipinski definition) is 0. The van der Waals surface area contributed by atoms with Gasteiger partial charge in [-0.1, -0.05) is 18.2 Å². The molecule has 2 nitrogen and oxygen atoms in total. The minimum atomic E-state index is 0.00282. The third-order valence-electron chi connectivity index (χ3n) is 4.83. The second kappa shape index (κ2) is 3.66. The highest BCUT2D eigenvalue weighted by Gasteiger charge is 2.56. The van der Waals surface area contributed by atoms with E-state index in [1.807, 2.05) is 0 Å². The van der Waals surface area contributed by atoms with Gasteiger partial charge in [-0.05, 0) is 49.5 Å². The van der Waals surface area contributed by atoms with Crippen LogP contribution < -0.4 is 0 Å². The lowest BCUT2D eigenvalue weighted by atomic mass is 9.73. The standard InChI is InChI=1S/C15H18O2/c1-10(16)5-7-15-8-6-13(17)14(15)12-4-2-3-11(12)9-15/h2-3,6,8,11-12,14H,4-5,7,9H2,1H3/t11-,12-,14-,15-/m0/s1. The molecule has 17 heavy (non-hydrogen) atoms. The van der Waals surface area contributed by atoms with Crippen molar-refractivity contribution in [3.8, 4) is 0 Å². The molecule has 1 saturated carbocycles. The second-order valence-corrected chi connectivity index (χ2v) is 5.84. The normalized spacial score (nSPS) is 41.9. The zero-order valence-corrected chi connectivity index (χ0v) is 10.2. The van der Waals surface area contributed by atoms with Gasteiger partial charge < -0.3 is 4.79 Å². The maximum atomic E-state index is 12.0. The first kappa shape index (κ1) is 10.9. The van der Waals surface area contributed by atoms with E-state index in [4.69, 9.17) is 0 Å². The quantitative estimate of drug-likeness (QED) is 0.698. The van der Waals surface area contributed by atoms with Gasteiger partial charge in [0.15, 0.2) is 5.78 Å². The van der Waals surface area contributed by atoms with Gasteiger partial charge in [-0.3, -0.25) is 4.79 Å². The van der Waals surface area contributed by atoms with E-state index < -0.39 is 0 Å². The minimum absolute atomic E-state index is 0.00282. The lowest BCUT2D eigenvalue weighted by Crippen LogP contribution is -2.28. The molecule has 1 fully saturated rings. The predicted molar refractivity (Wildman–Crippen MR) is 65.3 cm³/mol. The largest absolute Gasteiger partial charge is 0.300 e. The van der Waals surface area contributed by atoms with Crippen LogP contribution in [0.4, 0.5) is 0 Å². The molecule has 0 spiro atoms. The van der Waals surface area contributed by atoms with E-state index in [1.165, 1.54) is 0 Å². The Bertz CT molecular complexity index is 432. The molecule has 0 N–H and O–H groups in total. The van der Waals surface area contributed by atoms with Crippen molar-refractivity contribution in [2.24, 2.45) is 23.2 Å². The maximum absolute atomic E-state index is 12.0. The van der Waals surface area contributed by atoms with Crippen LogP contribution in [0.5, 0.6) is 0 Å². The number of Topliss-reactive ketones (excluding diaryl/α,β-unsaturated/α-hetero) is 1. The fraction of sp³-hybridized carbons (Fsp3) is 0.600. The molecule has 0 bridgehead atoms. The van der Waals surface area contributed by atoms with Crippen molar-refractivity contribution in [1.29, 1.82) is 0 Å². The average molecular weight is 230 g/mol. The molecule has 3 rings (SSSR count). The summed E-state index contributed by atoms with van der Waals surface area (Å²) in [5.74, 6) is 1.76. The number of rotatable bonds is 3. The summed E-state index contributed by atoms with van der Waals surface area (Å²) in [6.45, 7) is 1.64. The van der Waals surface area contributed by atoms with Crippen molar-refractivity contribution in [2.75, 3.05) is 0 Å². The van der Waals surface area contributed by atoms with Gasteiger partial charge >= 0.3 is 0 Å². The number of ketones is 2. The van der Waals surface area contributed by atoms with Gasteiger partial charge in [-0.15, -0.1) is 0 Å². The zero-order valence-electron chi connectivity index (χ0n) is 10.2. The van der Waals surface area contributed by atoms with Gasteiger partial charge in [0.2, 0.25) is 0 Å². The first-order chi connectivity index (χ1) is 8.12. The molecule has 0 saturated heterocycles. The van der Waals surface area contributed by atoms with Gasteiger partial charge in [0.1, 0.15) is 5.78 Å². The third-order valence-corrected chi connectivity index (χ3v) is 4.83. The maximum Gasteiger partial charge on any atom is 0.159 e.